The van der Waals surface area contributed by atoms with Crippen molar-refractivity contribution in [1.29, 1.82) is 0 Å². The summed E-state index contributed by atoms with van der Waals surface area (Å²) in [6.45, 7) is 5.68. The maximum atomic E-state index is 9.83. The number of carbonyl (C=O) groups excluding carboxylic acids is 1. The third kappa shape index (κ3) is 3.66. The summed E-state index contributed by atoms with van der Waals surface area (Å²) in [6.07, 6.45) is 6.61. The summed E-state index contributed by atoms with van der Waals surface area (Å²) in [5, 5.41) is 0. The van der Waals surface area contributed by atoms with Gasteiger partial charge in [0.05, 0.1) is 0 Å². The van der Waals surface area contributed by atoms with Gasteiger partial charge in [-0.25, -0.2) is 0 Å². The van der Waals surface area contributed by atoms with Crippen molar-refractivity contribution in [3.8, 4) is 0 Å². The van der Waals surface area contributed by atoms with Crippen LogP contribution in [0.1, 0.15) is 6.92 Å². The molecule has 0 fully saturated rings. The van der Waals surface area contributed by atoms with Crippen LogP contribution in [0.4, 0.5) is 0 Å². The van der Waals surface area contributed by atoms with E-state index in [0.29, 0.717) is 12.2 Å². The molecule has 2 heteroatoms. The predicted molar refractivity (Wildman–Crippen MR) is 40.2 cm³/mol. The molecule has 0 aromatic rings. The van der Waals surface area contributed by atoms with E-state index in [0.717, 1.165) is 0 Å². The van der Waals surface area contributed by atoms with Gasteiger partial charge in [0.1, 0.15) is 5.76 Å². The molecule has 0 N–H and O–H groups in total. The highest BCUT2D eigenvalue weighted by atomic mass is 16.5. The Morgan fingerprint density at radius 3 is 2.70 bits per heavy atom. The maximum absolute atomic E-state index is 9.83. The summed E-state index contributed by atoms with van der Waals surface area (Å²) < 4.78 is 4.55. The van der Waals surface area contributed by atoms with E-state index in [1.54, 1.807) is 24.3 Å². The van der Waals surface area contributed by atoms with E-state index in [1.165, 1.54) is 0 Å². The van der Waals surface area contributed by atoms with Crippen LogP contribution in [0.3, 0.4) is 0 Å². The molecule has 0 saturated carbocycles. The predicted octanol–water partition coefficient (Wildman–Crippen LogP) is 1.81. The quantitative estimate of drug-likeness (QED) is 0.336. The van der Waals surface area contributed by atoms with Crippen molar-refractivity contribution >= 4 is 6.47 Å². The van der Waals surface area contributed by atoms with Crippen molar-refractivity contribution in [2.24, 2.45) is 0 Å². The minimum absolute atomic E-state index is 0.384. The Labute approximate surface area is 60.5 Å². The Balaban J connectivity index is 4.09. The lowest BCUT2D eigenvalue weighted by Crippen LogP contribution is -1.83. The average Bonchev–Trinajstić information content (AvgIpc) is 1.90. The van der Waals surface area contributed by atoms with Gasteiger partial charge in [-0.2, -0.15) is 0 Å². The molecule has 0 unspecified atom stereocenters. The molecular formula is C8H10O2. The van der Waals surface area contributed by atoms with Gasteiger partial charge in [-0.15, -0.1) is 0 Å². The molecule has 0 spiro atoms. The van der Waals surface area contributed by atoms with Crippen LogP contribution in [0.2, 0.25) is 0 Å². The van der Waals surface area contributed by atoms with Gasteiger partial charge in [-0.05, 0) is 19.1 Å². The molecule has 2 nitrogen and oxygen atoms in total. The molecule has 0 aromatic carbocycles. The van der Waals surface area contributed by atoms with E-state index < -0.39 is 0 Å². The topological polar surface area (TPSA) is 26.3 Å². The van der Waals surface area contributed by atoms with E-state index in [9.17, 15) is 4.79 Å². The second-order valence-electron chi connectivity index (χ2n) is 1.52. The van der Waals surface area contributed by atoms with Gasteiger partial charge in [0.15, 0.2) is 0 Å². The van der Waals surface area contributed by atoms with Crippen LogP contribution >= 0.6 is 0 Å². The maximum Gasteiger partial charge on any atom is 0.298 e. The van der Waals surface area contributed by atoms with Gasteiger partial charge < -0.3 is 4.74 Å². The highest BCUT2D eigenvalue weighted by Gasteiger charge is 1.85. The number of hydrogen-bond acceptors (Lipinski definition) is 2. The van der Waals surface area contributed by atoms with E-state index in [2.05, 4.69) is 11.3 Å². The lowest BCUT2D eigenvalue weighted by molar-refractivity contribution is -0.124. The first-order valence-electron chi connectivity index (χ1n) is 2.91. The molecule has 54 valence electrons. The first-order valence-corrected chi connectivity index (χ1v) is 2.91. The molecule has 0 atom stereocenters. The first-order chi connectivity index (χ1) is 4.85. The zero-order chi connectivity index (χ0) is 7.82. The Morgan fingerprint density at radius 1 is 1.60 bits per heavy atom. The fourth-order valence-corrected chi connectivity index (χ4v) is 0.470. The Kier molecular flexibility index (Phi) is 5.06. The number of carbonyl (C=O) groups is 1. The van der Waals surface area contributed by atoms with Crippen LogP contribution in [-0.2, 0) is 9.53 Å². The molecule has 0 heterocycles. The van der Waals surface area contributed by atoms with Gasteiger partial charge in [0.2, 0.25) is 0 Å². The summed E-state index contributed by atoms with van der Waals surface area (Å²) in [7, 11) is 0. The summed E-state index contributed by atoms with van der Waals surface area (Å²) in [5.74, 6) is 0.493. The van der Waals surface area contributed by atoms with Gasteiger partial charge >= 0.3 is 0 Å². The fourth-order valence-electron chi connectivity index (χ4n) is 0.470. The lowest BCUT2D eigenvalue weighted by atomic mass is 10.4. The highest BCUT2D eigenvalue weighted by molar-refractivity contribution is 5.42. The molecule has 0 rings (SSSR count). The van der Waals surface area contributed by atoms with Crippen LogP contribution in [0.25, 0.3) is 0 Å². The third-order valence-corrected chi connectivity index (χ3v) is 0.797. The largest absolute Gasteiger partial charge is 0.429 e. The van der Waals surface area contributed by atoms with Crippen molar-refractivity contribution in [1.82, 2.24) is 0 Å². The third-order valence-electron chi connectivity index (χ3n) is 0.797. The van der Waals surface area contributed by atoms with Gasteiger partial charge in [-0.3, -0.25) is 4.79 Å². The molecule has 10 heavy (non-hydrogen) atoms. The number of ether oxygens (including phenoxy) is 1. The minimum Gasteiger partial charge on any atom is -0.429 e. The number of hydrogen-bond donors (Lipinski definition) is 0. The van der Waals surface area contributed by atoms with E-state index in [-0.39, 0.29) is 0 Å². The Morgan fingerprint density at radius 2 is 2.30 bits per heavy atom. The summed E-state index contributed by atoms with van der Waals surface area (Å²) in [4.78, 5) is 9.83. The van der Waals surface area contributed by atoms with Crippen LogP contribution in [0.15, 0.2) is 36.6 Å². The van der Waals surface area contributed by atoms with Crippen molar-refractivity contribution in [2.45, 2.75) is 6.92 Å². The second-order valence-corrected chi connectivity index (χ2v) is 1.52. The smallest absolute Gasteiger partial charge is 0.298 e. The Hall–Kier alpha value is -1.31. The number of rotatable bonds is 4. The van der Waals surface area contributed by atoms with E-state index in [1.807, 2.05) is 6.92 Å². The molecule has 0 amide bonds. The number of allylic oxidation sites excluding steroid dienone is 4. The first kappa shape index (κ1) is 8.69. The zero-order valence-electron chi connectivity index (χ0n) is 5.91. The molecule has 0 radical (unpaired) electrons. The second kappa shape index (κ2) is 5.82. The lowest BCUT2D eigenvalue weighted by Gasteiger charge is -1.93. The van der Waals surface area contributed by atoms with Crippen molar-refractivity contribution in [3.63, 3.8) is 0 Å². The molecule has 0 aliphatic rings. The highest BCUT2D eigenvalue weighted by Crippen LogP contribution is 1.96. The Bertz CT molecular complexity index is 166. The SMILES string of the molecule is C=C/C=C(\C=C/C)OC=O. The van der Waals surface area contributed by atoms with Crippen molar-refractivity contribution < 1.29 is 9.53 Å². The molecule has 0 aliphatic heterocycles. The monoisotopic (exact) mass is 138 g/mol. The molecule has 0 aliphatic carbocycles. The van der Waals surface area contributed by atoms with Gasteiger partial charge in [0, 0.05) is 0 Å². The molecule has 0 saturated heterocycles. The van der Waals surface area contributed by atoms with Crippen molar-refractivity contribution in [2.75, 3.05) is 0 Å². The average molecular weight is 138 g/mol. The summed E-state index contributed by atoms with van der Waals surface area (Å²) >= 11 is 0. The summed E-state index contributed by atoms with van der Waals surface area (Å²) in [6, 6.07) is 0. The van der Waals surface area contributed by atoms with Crippen LogP contribution in [-0.4, -0.2) is 6.47 Å². The van der Waals surface area contributed by atoms with E-state index >= 15 is 0 Å². The standard InChI is InChI=1S/C8H10O2/c1-3-5-8(6-4-2)10-7-9/h3-7H,1H2,2H3/b6-4-,8-5+. The normalized spacial score (nSPS) is 11.5. The van der Waals surface area contributed by atoms with Crippen LogP contribution in [0.5, 0.6) is 0 Å². The molecule has 0 aromatic heterocycles. The van der Waals surface area contributed by atoms with Gasteiger partial charge in [0.25, 0.3) is 6.47 Å². The van der Waals surface area contributed by atoms with E-state index in [4.69, 9.17) is 0 Å². The summed E-state index contributed by atoms with van der Waals surface area (Å²) in [5.41, 5.74) is 0. The zero-order valence-corrected chi connectivity index (χ0v) is 5.91. The minimum atomic E-state index is 0.384. The van der Waals surface area contributed by atoms with Gasteiger partial charge in [-0.1, -0.05) is 18.7 Å². The molecule has 0 bridgehead atoms. The van der Waals surface area contributed by atoms with Crippen LogP contribution in [0, 0.1) is 0 Å². The van der Waals surface area contributed by atoms with Crippen molar-refractivity contribution in [3.05, 3.63) is 36.6 Å². The molecular weight excluding hydrogens is 128 g/mol. The van der Waals surface area contributed by atoms with Crippen LogP contribution < -0.4 is 0 Å². The fraction of sp³-hybridized carbons (Fsp3) is 0.125.